The maximum Gasteiger partial charge on any atom is 0.407 e. The van der Waals surface area contributed by atoms with Gasteiger partial charge in [-0.3, -0.25) is 14.5 Å². The lowest BCUT2D eigenvalue weighted by Crippen LogP contribution is -2.42. The molecule has 54 heavy (non-hydrogen) atoms. The number of hydrogen-bond donors (Lipinski definition) is 3. The van der Waals surface area contributed by atoms with E-state index in [9.17, 15) is 19.5 Å². The third kappa shape index (κ3) is 7.13. The molecule has 8 rings (SSSR count). The first-order valence-corrected chi connectivity index (χ1v) is 19.0. The number of carboxylic acid groups (broad SMARTS) is 1. The Morgan fingerprint density at radius 2 is 1.20 bits per heavy atom. The van der Waals surface area contributed by atoms with Crippen LogP contribution in [0.2, 0.25) is 0 Å². The zero-order valence-electron chi connectivity index (χ0n) is 30.5. The summed E-state index contributed by atoms with van der Waals surface area (Å²) in [5, 5.41) is 9.18. The number of amides is 3. The molecule has 0 unspecified atom stereocenters. The van der Waals surface area contributed by atoms with Gasteiger partial charge in [-0.1, -0.05) is 78.9 Å². The smallest absolute Gasteiger partial charge is 0.407 e. The van der Waals surface area contributed by atoms with Gasteiger partial charge < -0.3 is 29.8 Å². The number of nitrogens with zero attached hydrogens (tertiary/aromatic N) is 6. The predicted molar refractivity (Wildman–Crippen MR) is 205 cm³/mol. The Morgan fingerprint density at radius 1 is 0.704 bits per heavy atom. The number of hydrogen-bond acceptors (Lipinski definition) is 6. The van der Waals surface area contributed by atoms with Crippen LogP contribution >= 0.6 is 0 Å². The summed E-state index contributed by atoms with van der Waals surface area (Å²) < 4.78 is 0. The van der Waals surface area contributed by atoms with Gasteiger partial charge in [0.2, 0.25) is 11.8 Å². The summed E-state index contributed by atoms with van der Waals surface area (Å²) in [4.78, 5) is 61.8. The minimum atomic E-state index is -1.13. The maximum atomic E-state index is 14.2. The third-order valence-corrected chi connectivity index (χ3v) is 11.2. The highest BCUT2D eigenvalue weighted by atomic mass is 16.4. The number of H-pyrrole nitrogens is 2. The molecule has 2 aromatic heterocycles. The van der Waals surface area contributed by atoms with E-state index in [2.05, 4.69) is 80.5 Å². The van der Waals surface area contributed by atoms with Crippen molar-refractivity contribution in [1.82, 2.24) is 39.5 Å². The molecule has 5 heterocycles. The minimum absolute atomic E-state index is 0.0748. The number of likely N-dealkylation sites (tertiary alicyclic amines) is 3. The molecule has 0 saturated carbocycles. The molecule has 0 bridgehead atoms. The lowest BCUT2D eigenvalue weighted by molar-refractivity contribution is -0.138. The molecule has 3 N–H and O–H groups in total. The molecule has 12 heteroatoms. The molecule has 0 spiro atoms. The molecule has 3 aliphatic heterocycles. The van der Waals surface area contributed by atoms with Crippen LogP contribution in [0, 0.1) is 0 Å². The number of imidazole rings is 2. The van der Waals surface area contributed by atoms with Crippen LogP contribution in [0.25, 0.3) is 33.6 Å². The van der Waals surface area contributed by atoms with Crippen molar-refractivity contribution >= 4 is 17.9 Å². The Labute approximate surface area is 314 Å². The fraction of sp³-hybridized carbons (Fsp3) is 0.357. The molecule has 0 aliphatic carbocycles. The van der Waals surface area contributed by atoms with Gasteiger partial charge in [-0.05, 0) is 79.4 Å². The lowest BCUT2D eigenvalue weighted by atomic mass is 10.0. The van der Waals surface area contributed by atoms with E-state index >= 15 is 0 Å². The summed E-state index contributed by atoms with van der Waals surface area (Å²) in [5.41, 5.74) is 7.03. The second kappa shape index (κ2) is 15.3. The molecular formula is C42H46N8O4. The summed E-state index contributed by atoms with van der Waals surface area (Å²) in [6, 6.07) is 26.4. The summed E-state index contributed by atoms with van der Waals surface area (Å²) in [6.07, 6.45) is 8.25. The van der Waals surface area contributed by atoms with Gasteiger partial charge in [0.1, 0.15) is 24.2 Å². The van der Waals surface area contributed by atoms with E-state index in [1.807, 2.05) is 29.3 Å². The molecule has 3 atom stereocenters. The number of aromatic amines is 2. The maximum absolute atomic E-state index is 14.2. The van der Waals surface area contributed by atoms with Gasteiger partial charge in [-0.15, -0.1) is 0 Å². The topological polar surface area (TPSA) is 142 Å². The summed E-state index contributed by atoms with van der Waals surface area (Å²) in [7, 11) is 1.40. The second-order valence-electron chi connectivity index (χ2n) is 14.6. The highest BCUT2D eigenvalue weighted by Gasteiger charge is 2.39. The quantitative estimate of drug-likeness (QED) is 0.142. The average Bonchev–Trinajstić information content (AvgIpc) is 4.05. The third-order valence-electron chi connectivity index (χ3n) is 11.2. The Morgan fingerprint density at radius 3 is 1.74 bits per heavy atom. The van der Waals surface area contributed by atoms with Gasteiger partial charge in [0, 0.05) is 20.1 Å². The van der Waals surface area contributed by atoms with Gasteiger partial charge in [0.25, 0.3) is 0 Å². The molecule has 278 valence electrons. The molecule has 3 amide bonds. The lowest BCUT2D eigenvalue weighted by Gasteiger charge is -2.33. The first kappa shape index (κ1) is 35.3. The largest absolute Gasteiger partial charge is 0.465 e. The zero-order chi connectivity index (χ0) is 37.2. The van der Waals surface area contributed by atoms with Crippen molar-refractivity contribution in [2.24, 2.45) is 0 Å². The van der Waals surface area contributed by atoms with Crippen molar-refractivity contribution in [3.63, 3.8) is 0 Å². The van der Waals surface area contributed by atoms with Crippen LogP contribution in [0.3, 0.4) is 0 Å². The molecule has 12 nitrogen and oxygen atoms in total. The number of carbonyl (C=O) groups excluding carboxylic acids is 2. The van der Waals surface area contributed by atoms with Gasteiger partial charge >= 0.3 is 6.09 Å². The standard InChI is InChI=1S/C42H46N8O4/c1-47(42(53)54)27-37(51)49-23-7-11-35(49)39-43-25-33(45-39)30-17-13-28(14-18-30)29-15-19-31(20-16-29)34-26-44-40(46-34)36-12-8-24-50(36)41(52)38(48-21-5-6-22-48)32-9-3-2-4-10-32/h2-4,9-10,13-20,25-26,35-36,38H,5-8,11-12,21-24,27H2,1H3,(H,43,45)(H,44,46)(H,53,54)/t35-,36-,38+/m0/s1. The van der Waals surface area contributed by atoms with Crippen LogP contribution in [-0.2, 0) is 9.59 Å². The van der Waals surface area contributed by atoms with E-state index in [1.165, 1.54) is 7.05 Å². The van der Waals surface area contributed by atoms with Crippen LogP contribution in [0.4, 0.5) is 4.79 Å². The summed E-state index contributed by atoms with van der Waals surface area (Å²) in [5.74, 6) is 1.49. The van der Waals surface area contributed by atoms with Crippen molar-refractivity contribution in [3.8, 4) is 33.6 Å². The monoisotopic (exact) mass is 726 g/mol. The van der Waals surface area contributed by atoms with E-state index in [0.717, 1.165) is 108 Å². The van der Waals surface area contributed by atoms with Crippen LogP contribution in [-0.4, -0.2) is 102 Å². The van der Waals surface area contributed by atoms with Crippen molar-refractivity contribution in [2.75, 3.05) is 39.8 Å². The highest BCUT2D eigenvalue weighted by Crippen LogP contribution is 2.37. The van der Waals surface area contributed by atoms with E-state index in [4.69, 9.17) is 4.98 Å². The van der Waals surface area contributed by atoms with Gasteiger partial charge in [-0.2, -0.15) is 0 Å². The van der Waals surface area contributed by atoms with Crippen LogP contribution < -0.4 is 0 Å². The zero-order valence-corrected chi connectivity index (χ0v) is 30.5. The molecular weight excluding hydrogens is 681 g/mol. The second-order valence-corrected chi connectivity index (χ2v) is 14.6. The fourth-order valence-corrected chi connectivity index (χ4v) is 8.32. The predicted octanol–water partition coefficient (Wildman–Crippen LogP) is 6.91. The fourth-order valence-electron chi connectivity index (χ4n) is 8.32. The van der Waals surface area contributed by atoms with Gasteiger partial charge in [0.15, 0.2) is 0 Å². The normalized spacial score (nSPS) is 19.4. The number of aromatic nitrogens is 4. The summed E-state index contributed by atoms with van der Waals surface area (Å²) in [6.45, 7) is 3.03. The Hall–Kier alpha value is -5.75. The Balaban J connectivity index is 0.926. The number of carbonyl (C=O) groups is 3. The van der Waals surface area contributed by atoms with Crippen molar-refractivity contribution in [2.45, 2.75) is 56.7 Å². The number of benzene rings is 3. The number of nitrogens with one attached hydrogen (secondary N) is 2. The van der Waals surface area contributed by atoms with Crippen molar-refractivity contribution in [1.29, 1.82) is 0 Å². The Kier molecular flexibility index (Phi) is 10.0. The number of likely N-dealkylation sites (N-methyl/N-ethyl adjacent to an activating group) is 1. The minimum Gasteiger partial charge on any atom is -0.465 e. The summed E-state index contributed by atoms with van der Waals surface area (Å²) >= 11 is 0. The molecule has 3 fully saturated rings. The molecule has 5 aromatic rings. The van der Waals surface area contributed by atoms with Crippen LogP contribution in [0.1, 0.15) is 73.9 Å². The van der Waals surface area contributed by atoms with Crippen LogP contribution in [0.15, 0.2) is 91.3 Å². The highest BCUT2D eigenvalue weighted by molar-refractivity contribution is 5.84. The first-order chi connectivity index (χ1) is 26.3. The van der Waals surface area contributed by atoms with E-state index < -0.39 is 6.09 Å². The molecule has 3 aliphatic rings. The van der Waals surface area contributed by atoms with E-state index in [-0.39, 0.29) is 36.5 Å². The molecule has 0 radical (unpaired) electrons. The van der Waals surface area contributed by atoms with Crippen molar-refractivity contribution in [3.05, 3.63) is 108 Å². The van der Waals surface area contributed by atoms with Gasteiger partial charge in [-0.25, -0.2) is 14.8 Å². The SMILES string of the molecule is CN(CC(=O)N1CCC[C@H]1c1ncc(-c2ccc(-c3ccc(-c4cnc([C@@H]5CCCN5C(=O)[C@@H](c5ccccc5)N5CCCC5)[nH]4)cc3)cc2)[nH]1)C(=O)O. The number of rotatable bonds is 10. The van der Waals surface area contributed by atoms with E-state index in [1.54, 1.807) is 11.1 Å². The van der Waals surface area contributed by atoms with Crippen molar-refractivity contribution < 1.29 is 19.5 Å². The van der Waals surface area contributed by atoms with Gasteiger partial charge in [0.05, 0.1) is 35.9 Å². The van der Waals surface area contributed by atoms with Crippen LogP contribution in [0.5, 0.6) is 0 Å². The van der Waals surface area contributed by atoms with E-state index in [0.29, 0.717) is 12.4 Å². The molecule has 3 saturated heterocycles. The average molecular weight is 727 g/mol. The Bertz CT molecular complexity index is 2090. The molecule has 3 aromatic carbocycles. The first-order valence-electron chi connectivity index (χ1n) is 19.0.